The van der Waals surface area contributed by atoms with E-state index in [4.69, 9.17) is 11.6 Å². The third-order valence-corrected chi connectivity index (χ3v) is 7.06. The molecule has 1 unspecified atom stereocenters. The number of halogens is 3. The number of benzene rings is 2. The first-order chi connectivity index (χ1) is 17.8. The van der Waals surface area contributed by atoms with Crippen LogP contribution in [0.15, 0.2) is 47.0 Å². The fourth-order valence-electron chi connectivity index (χ4n) is 4.96. The Morgan fingerprint density at radius 1 is 1.27 bits per heavy atom. The summed E-state index contributed by atoms with van der Waals surface area (Å²) in [5.74, 6) is -0.766. The molecule has 1 N–H and O–H groups in total. The minimum absolute atomic E-state index is 0.0491. The van der Waals surface area contributed by atoms with Crippen molar-refractivity contribution in [3.05, 3.63) is 74.8 Å². The lowest BCUT2D eigenvalue weighted by molar-refractivity contribution is -0.134. The summed E-state index contributed by atoms with van der Waals surface area (Å²) in [6, 6.07) is 10.6. The van der Waals surface area contributed by atoms with Crippen LogP contribution < -0.4 is 15.5 Å². The van der Waals surface area contributed by atoms with Gasteiger partial charge in [0.15, 0.2) is 6.17 Å². The van der Waals surface area contributed by atoms with Crippen LogP contribution in [0.5, 0.6) is 0 Å². The molecule has 190 valence electrons. The van der Waals surface area contributed by atoms with Gasteiger partial charge < -0.3 is 19.7 Å². The van der Waals surface area contributed by atoms with Crippen molar-refractivity contribution in [1.82, 2.24) is 14.9 Å². The number of hydrogen-bond acceptors (Lipinski definition) is 6. The average Bonchev–Trinajstić information content (AvgIpc) is 2.89. The second-order valence-electron chi connectivity index (χ2n) is 8.99. The molecule has 0 fully saturated rings. The predicted molar refractivity (Wildman–Crippen MR) is 136 cm³/mol. The maximum absolute atomic E-state index is 14.3. The van der Waals surface area contributed by atoms with Gasteiger partial charge in [-0.2, -0.15) is 10.2 Å². The number of fused-ring (bicyclic) bond motifs is 2. The quantitative estimate of drug-likeness (QED) is 0.553. The summed E-state index contributed by atoms with van der Waals surface area (Å²) in [6.45, 7) is 2.52. The van der Waals surface area contributed by atoms with E-state index in [1.807, 2.05) is 29.2 Å². The van der Waals surface area contributed by atoms with E-state index < -0.39 is 23.6 Å². The molecule has 0 aliphatic carbocycles. The Balaban J connectivity index is 1.51. The topological polar surface area (TPSA) is 96.3 Å². The predicted octanol–water partition coefficient (Wildman–Crippen LogP) is 4.04. The van der Waals surface area contributed by atoms with E-state index in [1.165, 1.54) is 11.0 Å². The van der Waals surface area contributed by atoms with E-state index in [1.54, 1.807) is 17.2 Å². The summed E-state index contributed by atoms with van der Waals surface area (Å²) in [7, 11) is 0. The van der Waals surface area contributed by atoms with E-state index >= 15 is 0 Å². The van der Waals surface area contributed by atoms with E-state index in [2.05, 4.69) is 9.97 Å². The molecule has 0 radical (unpaired) electrons. The van der Waals surface area contributed by atoms with Crippen LogP contribution in [0.2, 0.25) is 5.02 Å². The van der Waals surface area contributed by atoms with Crippen LogP contribution in [0.3, 0.4) is 0 Å². The zero-order valence-electron chi connectivity index (χ0n) is 20.0. The number of nitrogens with zero attached hydrogens (tertiary/aromatic N) is 5. The van der Waals surface area contributed by atoms with Gasteiger partial charge in [-0.25, -0.2) is 13.6 Å². The van der Waals surface area contributed by atoms with Gasteiger partial charge in [0, 0.05) is 48.2 Å². The van der Waals surface area contributed by atoms with Crippen LogP contribution in [-0.4, -0.2) is 46.6 Å². The van der Waals surface area contributed by atoms with Gasteiger partial charge in [0.2, 0.25) is 0 Å². The standard InChI is InChI=1S/C26H23ClF2N6O2/c1-15(28)25(36)35-12-11-34(13-17(35)7-9-30)24-18-8-10-33(14-20(18)31-26(37)32-24)21-4-2-3-16-5-6-19(29)23(27)22(16)21/h2-6,13,15H,7-8,10-12,14H2,1H3,(H,31,32,37). The van der Waals surface area contributed by atoms with Crippen LogP contribution in [0.1, 0.15) is 24.6 Å². The van der Waals surface area contributed by atoms with Crippen LogP contribution in [0, 0.1) is 17.1 Å². The number of nitriles is 1. The molecule has 1 amide bonds. The van der Waals surface area contributed by atoms with E-state index in [-0.39, 0.29) is 24.5 Å². The molecule has 37 heavy (non-hydrogen) atoms. The van der Waals surface area contributed by atoms with E-state index in [9.17, 15) is 23.6 Å². The number of hydrogen-bond donors (Lipinski definition) is 1. The highest BCUT2D eigenvalue weighted by atomic mass is 35.5. The smallest absolute Gasteiger partial charge is 0.347 e. The van der Waals surface area contributed by atoms with Gasteiger partial charge in [-0.1, -0.05) is 29.8 Å². The van der Waals surface area contributed by atoms with Crippen molar-refractivity contribution in [1.29, 1.82) is 5.26 Å². The summed E-state index contributed by atoms with van der Waals surface area (Å²) in [5, 5.41) is 10.7. The normalized spacial score (nSPS) is 16.3. The Kier molecular flexibility index (Phi) is 6.56. The number of aromatic amines is 1. The first-order valence-corrected chi connectivity index (χ1v) is 12.2. The summed E-state index contributed by atoms with van der Waals surface area (Å²) in [6.07, 6.45) is 0.335. The fraction of sp³-hybridized carbons (Fsp3) is 0.308. The molecule has 0 saturated carbocycles. The van der Waals surface area contributed by atoms with Crippen molar-refractivity contribution in [2.45, 2.75) is 32.5 Å². The average molecular weight is 525 g/mol. The Bertz CT molecular complexity index is 1530. The third kappa shape index (κ3) is 4.51. The van der Waals surface area contributed by atoms with Crippen LogP contribution in [-0.2, 0) is 17.8 Å². The molecule has 3 heterocycles. The number of amides is 1. The highest BCUT2D eigenvalue weighted by molar-refractivity contribution is 6.36. The Morgan fingerprint density at radius 3 is 2.84 bits per heavy atom. The summed E-state index contributed by atoms with van der Waals surface area (Å²) >= 11 is 6.34. The van der Waals surface area contributed by atoms with Crippen molar-refractivity contribution in [3.8, 4) is 6.07 Å². The van der Waals surface area contributed by atoms with Crippen molar-refractivity contribution in [3.63, 3.8) is 0 Å². The number of allylic oxidation sites excluding steroid dienone is 1. The zero-order chi connectivity index (χ0) is 26.3. The highest BCUT2D eigenvalue weighted by Crippen LogP contribution is 2.37. The van der Waals surface area contributed by atoms with Gasteiger partial charge in [-0.05, 0) is 30.9 Å². The summed E-state index contributed by atoms with van der Waals surface area (Å²) in [4.78, 5) is 36.9. The number of alkyl halides is 1. The van der Waals surface area contributed by atoms with Crippen molar-refractivity contribution < 1.29 is 13.6 Å². The number of anilines is 2. The molecule has 8 nitrogen and oxygen atoms in total. The van der Waals surface area contributed by atoms with Gasteiger partial charge in [0.05, 0.1) is 29.8 Å². The molecule has 1 atom stereocenters. The number of rotatable bonds is 4. The first-order valence-electron chi connectivity index (χ1n) is 11.8. The molecule has 0 spiro atoms. The lowest BCUT2D eigenvalue weighted by Gasteiger charge is -2.37. The SMILES string of the molecule is CC(F)C(=O)N1CCN(c2nc(=O)[nH]c3c2CCN(c2cccc4ccc(F)c(Cl)c24)C3)C=C1CC#N. The van der Waals surface area contributed by atoms with Crippen molar-refractivity contribution in [2.24, 2.45) is 0 Å². The molecule has 0 saturated heterocycles. The molecule has 2 aliphatic rings. The molecule has 0 bridgehead atoms. The molecule has 11 heteroatoms. The lowest BCUT2D eigenvalue weighted by atomic mass is 10.0. The third-order valence-electron chi connectivity index (χ3n) is 6.69. The van der Waals surface area contributed by atoms with Gasteiger partial charge in [-0.3, -0.25) is 4.79 Å². The maximum Gasteiger partial charge on any atom is 0.347 e. The summed E-state index contributed by atoms with van der Waals surface area (Å²) in [5.41, 5.74) is 2.07. The Morgan fingerprint density at radius 2 is 2.08 bits per heavy atom. The van der Waals surface area contributed by atoms with Gasteiger partial charge in [0.25, 0.3) is 5.91 Å². The van der Waals surface area contributed by atoms with Crippen LogP contribution in [0.25, 0.3) is 10.8 Å². The van der Waals surface area contributed by atoms with Gasteiger partial charge in [-0.15, -0.1) is 0 Å². The Hall–Kier alpha value is -3.97. The molecular weight excluding hydrogens is 502 g/mol. The number of carbonyl (C=O) groups excluding carboxylic acids is 1. The van der Waals surface area contributed by atoms with Crippen LogP contribution >= 0.6 is 11.6 Å². The number of aromatic nitrogens is 2. The second kappa shape index (κ2) is 9.82. The molecule has 1 aromatic heterocycles. The van der Waals surface area contributed by atoms with Crippen molar-refractivity contribution >= 4 is 39.8 Å². The minimum atomic E-state index is -1.69. The number of nitrogens with one attached hydrogen (secondary N) is 1. The molecule has 5 rings (SSSR count). The molecule has 3 aromatic rings. The largest absolute Gasteiger partial charge is 0.365 e. The van der Waals surface area contributed by atoms with Crippen molar-refractivity contribution in [2.75, 3.05) is 29.4 Å². The minimum Gasteiger partial charge on any atom is -0.365 e. The lowest BCUT2D eigenvalue weighted by Crippen LogP contribution is -2.45. The van der Waals surface area contributed by atoms with Gasteiger partial charge in [0.1, 0.15) is 11.6 Å². The molecule has 2 aliphatic heterocycles. The Labute approximate surface area is 216 Å². The fourth-order valence-corrected chi connectivity index (χ4v) is 5.23. The highest BCUT2D eigenvalue weighted by Gasteiger charge is 2.30. The molecular formula is C26H23ClF2N6O2. The van der Waals surface area contributed by atoms with E-state index in [0.29, 0.717) is 42.1 Å². The van der Waals surface area contributed by atoms with Gasteiger partial charge >= 0.3 is 5.69 Å². The summed E-state index contributed by atoms with van der Waals surface area (Å²) < 4.78 is 28.0. The molecule has 2 aromatic carbocycles. The number of carbonyl (C=O) groups is 1. The zero-order valence-corrected chi connectivity index (χ0v) is 20.7. The monoisotopic (exact) mass is 524 g/mol. The van der Waals surface area contributed by atoms with Crippen LogP contribution in [0.4, 0.5) is 20.3 Å². The first kappa shape index (κ1) is 24.7. The second-order valence-corrected chi connectivity index (χ2v) is 9.36. The maximum atomic E-state index is 14.3. The number of H-pyrrole nitrogens is 1. The van der Waals surface area contributed by atoms with E-state index in [0.717, 1.165) is 23.6 Å².